The van der Waals surface area contributed by atoms with Gasteiger partial charge in [-0.1, -0.05) is 0 Å². The van der Waals surface area contributed by atoms with E-state index in [9.17, 15) is 26.7 Å². The molecule has 2 aromatic heterocycles. The highest BCUT2D eigenvalue weighted by Crippen LogP contribution is 2.29. The smallest absolute Gasteiger partial charge is 0.289 e. The SMILES string of the molecule is CCn1ccc(CN(C)C(=O)c2ccc(COc3c(F)c(F)c(F)c(F)c3F)o2)n1. The lowest BCUT2D eigenvalue weighted by atomic mass is 10.2. The maximum absolute atomic E-state index is 13.6. The fourth-order valence-electron chi connectivity index (χ4n) is 2.59. The number of furan rings is 1. The highest BCUT2D eigenvalue weighted by Gasteiger charge is 2.27. The maximum Gasteiger partial charge on any atom is 0.289 e. The number of aromatic nitrogens is 2. The zero-order valence-electron chi connectivity index (χ0n) is 15.9. The Morgan fingerprint density at radius 2 is 1.70 bits per heavy atom. The molecular weight excluding hydrogens is 413 g/mol. The Bertz CT molecular complexity index is 1050. The lowest BCUT2D eigenvalue weighted by Gasteiger charge is -2.14. The van der Waals surface area contributed by atoms with E-state index in [0.29, 0.717) is 12.2 Å². The van der Waals surface area contributed by atoms with E-state index in [-0.39, 0.29) is 18.1 Å². The molecule has 160 valence electrons. The Balaban J connectivity index is 1.67. The van der Waals surface area contributed by atoms with Crippen molar-refractivity contribution in [2.75, 3.05) is 7.05 Å². The van der Waals surface area contributed by atoms with E-state index >= 15 is 0 Å². The highest BCUT2D eigenvalue weighted by atomic mass is 19.2. The molecule has 2 heterocycles. The molecule has 0 aliphatic heterocycles. The van der Waals surface area contributed by atoms with E-state index in [2.05, 4.69) is 5.10 Å². The molecule has 0 unspecified atom stereocenters. The van der Waals surface area contributed by atoms with Crippen LogP contribution in [0.3, 0.4) is 0 Å². The number of nitrogens with zero attached hydrogens (tertiary/aromatic N) is 3. The van der Waals surface area contributed by atoms with Crippen molar-refractivity contribution in [3.8, 4) is 5.75 Å². The van der Waals surface area contributed by atoms with Crippen molar-refractivity contribution in [3.63, 3.8) is 0 Å². The Morgan fingerprint density at radius 3 is 2.30 bits per heavy atom. The molecular formula is C19H16F5N3O3. The molecule has 0 atom stereocenters. The summed E-state index contributed by atoms with van der Waals surface area (Å²) in [6, 6.07) is 4.36. The van der Waals surface area contributed by atoms with Gasteiger partial charge in [-0.3, -0.25) is 9.48 Å². The van der Waals surface area contributed by atoms with Gasteiger partial charge in [-0.2, -0.15) is 13.9 Å². The van der Waals surface area contributed by atoms with Crippen LogP contribution in [0.25, 0.3) is 0 Å². The summed E-state index contributed by atoms with van der Waals surface area (Å²) in [4.78, 5) is 13.8. The van der Waals surface area contributed by atoms with Crippen molar-refractivity contribution < 1.29 is 35.9 Å². The monoisotopic (exact) mass is 429 g/mol. The molecule has 1 aromatic carbocycles. The quantitative estimate of drug-likeness (QED) is 0.323. The number of halogens is 5. The van der Waals surface area contributed by atoms with Crippen molar-refractivity contribution in [3.05, 3.63) is 70.7 Å². The molecule has 0 bridgehead atoms. The Hall–Kier alpha value is -3.37. The molecule has 6 nitrogen and oxygen atoms in total. The molecule has 30 heavy (non-hydrogen) atoms. The average Bonchev–Trinajstić information content (AvgIpc) is 3.39. The van der Waals surface area contributed by atoms with Crippen LogP contribution < -0.4 is 4.74 Å². The van der Waals surface area contributed by atoms with Gasteiger partial charge in [0.25, 0.3) is 5.91 Å². The Labute approximate surface area is 167 Å². The van der Waals surface area contributed by atoms with Gasteiger partial charge in [0.1, 0.15) is 12.4 Å². The number of amides is 1. The molecule has 0 N–H and O–H groups in total. The molecule has 0 saturated heterocycles. The topological polar surface area (TPSA) is 60.5 Å². The van der Waals surface area contributed by atoms with Crippen LogP contribution in [-0.4, -0.2) is 27.6 Å². The molecule has 3 aromatic rings. The van der Waals surface area contributed by atoms with Gasteiger partial charge in [0.2, 0.25) is 29.1 Å². The highest BCUT2D eigenvalue weighted by molar-refractivity contribution is 5.91. The molecule has 0 aliphatic rings. The van der Waals surface area contributed by atoms with Gasteiger partial charge < -0.3 is 14.1 Å². The van der Waals surface area contributed by atoms with Gasteiger partial charge in [-0.15, -0.1) is 0 Å². The summed E-state index contributed by atoms with van der Waals surface area (Å²) in [7, 11) is 1.53. The molecule has 11 heteroatoms. The second-order valence-electron chi connectivity index (χ2n) is 6.28. The second-order valence-corrected chi connectivity index (χ2v) is 6.28. The first-order valence-electron chi connectivity index (χ1n) is 8.73. The van der Waals surface area contributed by atoms with Gasteiger partial charge in [-0.25, -0.2) is 13.2 Å². The summed E-state index contributed by atoms with van der Waals surface area (Å²) >= 11 is 0. The zero-order chi connectivity index (χ0) is 22.0. The van der Waals surface area contributed by atoms with Crippen molar-refractivity contribution in [2.24, 2.45) is 0 Å². The van der Waals surface area contributed by atoms with E-state index in [1.54, 1.807) is 16.9 Å². The molecule has 0 spiro atoms. The van der Waals surface area contributed by atoms with E-state index in [1.165, 1.54) is 24.1 Å². The van der Waals surface area contributed by atoms with Crippen molar-refractivity contribution in [1.29, 1.82) is 0 Å². The van der Waals surface area contributed by atoms with Crippen molar-refractivity contribution >= 4 is 5.91 Å². The van der Waals surface area contributed by atoms with Gasteiger partial charge in [0, 0.05) is 19.8 Å². The van der Waals surface area contributed by atoms with Crippen LogP contribution in [0.5, 0.6) is 5.75 Å². The lowest BCUT2D eigenvalue weighted by molar-refractivity contribution is 0.0747. The minimum absolute atomic E-state index is 0.0500. The van der Waals surface area contributed by atoms with Crippen molar-refractivity contribution in [1.82, 2.24) is 14.7 Å². The maximum atomic E-state index is 13.6. The van der Waals surface area contributed by atoms with Crippen LogP contribution in [0.1, 0.15) is 28.9 Å². The first-order valence-corrected chi connectivity index (χ1v) is 8.73. The van der Waals surface area contributed by atoms with Crippen LogP contribution in [0.4, 0.5) is 22.0 Å². The zero-order valence-corrected chi connectivity index (χ0v) is 15.9. The van der Waals surface area contributed by atoms with Crippen LogP contribution in [-0.2, 0) is 19.7 Å². The number of hydrogen-bond acceptors (Lipinski definition) is 4. The summed E-state index contributed by atoms with van der Waals surface area (Å²) in [5, 5.41) is 4.26. The van der Waals surface area contributed by atoms with Gasteiger partial charge in [0.05, 0.1) is 12.2 Å². The minimum Gasteiger partial charge on any atom is -0.479 e. The van der Waals surface area contributed by atoms with Crippen LogP contribution in [0, 0.1) is 29.1 Å². The third kappa shape index (κ3) is 4.14. The summed E-state index contributed by atoms with van der Waals surface area (Å²) in [6.45, 7) is 2.16. The number of hydrogen-bond donors (Lipinski definition) is 0. The fraction of sp³-hybridized carbons (Fsp3) is 0.263. The minimum atomic E-state index is -2.28. The molecule has 1 amide bonds. The second kappa shape index (κ2) is 8.56. The van der Waals surface area contributed by atoms with Gasteiger partial charge >= 0.3 is 0 Å². The first kappa shape index (κ1) is 21.3. The summed E-state index contributed by atoms with van der Waals surface area (Å²) < 4.78 is 78.4. The molecule has 3 rings (SSSR count). The standard InChI is InChI=1S/C19H16F5N3O3/c1-3-27-7-6-10(25-27)8-26(2)19(28)12-5-4-11(30-12)9-29-18-16(23)14(21)13(20)15(22)17(18)24/h4-7H,3,8-9H2,1-2H3. The number of carbonyl (C=O) groups is 1. The molecule has 0 radical (unpaired) electrons. The Morgan fingerprint density at radius 1 is 1.07 bits per heavy atom. The summed E-state index contributed by atoms with van der Waals surface area (Å²) in [5.74, 6) is -12.8. The number of ether oxygens (including phenoxy) is 1. The first-order chi connectivity index (χ1) is 14.2. The van der Waals surface area contributed by atoms with Gasteiger partial charge in [-0.05, 0) is 25.1 Å². The van der Waals surface area contributed by atoms with E-state index in [4.69, 9.17) is 9.15 Å². The van der Waals surface area contributed by atoms with E-state index in [0.717, 1.165) is 0 Å². The normalized spacial score (nSPS) is 11.0. The van der Waals surface area contributed by atoms with E-state index < -0.39 is 47.3 Å². The lowest BCUT2D eigenvalue weighted by Crippen LogP contribution is -2.26. The fourth-order valence-corrected chi connectivity index (χ4v) is 2.59. The van der Waals surface area contributed by atoms with E-state index in [1.807, 2.05) is 6.92 Å². The Kier molecular flexibility index (Phi) is 6.09. The van der Waals surface area contributed by atoms with Gasteiger partial charge in [0.15, 0.2) is 11.5 Å². The summed E-state index contributed by atoms with van der Waals surface area (Å²) in [5.41, 5.74) is 0.661. The number of aryl methyl sites for hydroxylation is 1. The third-order valence-corrected chi connectivity index (χ3v) is 4.17. The van der Waals surface area contributed by atoms with Crippen LogP contribution in [0.15, 0.2) is 28.8 Å². The predicted molar refractivity (Wildman–Crippen MR) is 93.0 cm³/mol. The predicted octanol–water partition coefficient (Wildman–Crippen LogP) is 4.04. The largest absolute Gasteiger partial charge is 0.479 e. The number of benzene rings is 1. The van der Waals surface area contributed by atoms with Crippen molar-refractivity contribution in [2.45, 2.75) is 26.6 Å². The van der Waals surface area contributed by atoms with Crippen LogP contribution >= 0.6 is 0 Å². The number of rotatable bonds is 7. The average molecular weight is 429 g/mol. The summed E-state index contributed by atoms with van der Waals surface area (Å²) in [6.07, 6.45) is 1.77. The number of carbonyl (C=O) groups excluding carboxylic acids is 1. The third-order valence-electron chi connectivity index (χ3n) is 4.17. The van der Waals surface area contributed by atoms with Crippen LogP contribution in [0.2, 0.25) is 0 Å². The molecule has 0 aliphatic carbocycles. The molecule has 0 saturated carbocycles. The molecule has 0 fully saturated rings.